The van der Waals surface area contributed by atoms with Crippen molar-refractivity contribution >= 4 is 28.6 Å². The first-order chi connectivity index (χ1) is 6.72. The van der Waals surface area contributed by atoms with Gasteiger partial charge in [0.2, 0.25) is 5.24 Å². The second-order valence-electron chi connectivity index (χ2n) is 2.38. The predicted molar refractivity (Wildman–Crippen MR) is 64.1 cm³/mol. The van der Waals surface area contributed by atoms with Crippen molar-refractivity contribution in [3.05, 3.63) is 29.8 Å². The minimum atomic E-state index is -0.313. The molecule has 0 aromatic heterocycles. The highest BCUT2D eigenvalue weighted by Crippen LogP contribution is 2.15. The van der Waals surface area contributed by atoms with Crippen LogP contribution in [0.25, 0.3) is 0 Å². The van der Waals surface area contributed by atoms with Crippen LogP contribution in [0.4, 0.5) is 0 Å². The highest BCUT2D eigenvalue weighted by molar-refractivity contribution is 7.98. The number of hydrogen-bond acceptors (Lipinski definition) is 2. The largest absolute Gasteiger partial charge is 0.281 e. The van der Waals surface area contributed by atoms with Gasteiger partial charge in [0.25, 0.3) is 0 Å². The lowest BCUT2D eigenvalue weighted by molar-refractivity contribution is -0.111. The molecule has 3 heteroatoms. The van der Waals surface area contributed by atoms with Crippen LogP contribution in [0.5, 0.6) is 0 Å². The van der Waals surface area contributed by atoms with Gasteiger partial charge in [0, 0.05) is 11.3 Å². The summed E-state index contributed by atoms with van der Waals surface area (Å²) in [6, 6.07) is 7.82. The summed E-state index contributed by atoms with van der Waals surface area (Å²) >= 11 is 6.92. The Hall–Kier alpha value is -0.470. The molecule has 0 fully saturated rings. The molecule has 0 heterocycles. The highest BCUT2D eigenvalue weighted by atomic mass is 35.5. The number of thioether (sulfide) groups is 1. The van der Waals surface area contributed by atoms with Gasteiger partial charge in [0.15, 0.2) is 0 Å². The Morgan fingerprint density at radius 1 is 1.29 bits per heavy atom. The van der Waals surface area contributed by atoms with E-state index in [1.165, 1.54) is 4.90 Å². The maximum absolute atomic E-state index is 10.5. The molecule has 1 aromatic carbocycles. The zero-order valence-corrected chi connectivity index (χ0v) is 10.3. The number of rotatable bonds is 3. The third-order valence-electron chi connectivity index (χ3n) is 1.50. The molecule has 1 rings (SSSR count). The average molecular weight is 231 g/mol. The molecule has 0 N–H and O–H groups in total. The Bertz CT molecular complexity index is 269. The summed E-state index contributed by atoms with van der Waals surface area (Å²) in [5, 5.41) is -0.313. The predicted octanol–water partition coefficient (Wildman–Crippen LogP) is 3.74. The van der Waals surface area contributed by atoms with E-state index < -0.39 is 0 Å². The average Bonchev–Trinajstić information content (AvgIpc) is 2.21. The molecule has 0 unspecified atom stereocenters. The minimum Gasteiger partial charge on any atom is -0.281 e. The quantitative estimate of drug-likeness (QED) is 0.581. The fourth-order valence-corrected chi connectivity index (χ4v) is 1.47. The summed E-state index contributed by atoms with van der Waals surface area (Å²) in [5.74, 6) is 0. The molecule has 1 nitrogen and oxygen atoms in total. The zero-order valence-electron chi connectivity index (χ0n) is 8.71. The van der Waals surface area contributed by atoms with E-state index >= 15 is 0 Å². The maximum Gasteiger partial charge on any atom is 0.226 e. The molecule has 14 heavy (non-hydrogen) atoms. The monoisotopic (exact) mass is 230 g/mol. The number of hydrogen-bond donors (Lipinski definition) is 0. The second-order valence-corrected chi connectivity index (χ2v) is 3.68. The van der Waals surface area contributed by atoms with Gasteiger partial charge >= 0.3 is 0 Å². The molecular formula is C11H15ClOS. The molecule has 1 aromatic rings. The summed E-state index contributed by atoms with van der Waals surface area (Å²) < 4.78 is 0. The summed E-state index contributed by atoms with van der Waals surface area (Å²) in [4.78, 5) is 11.7. The topological polar surface area (TPSA) is 17.1 Å². The van der Waals surface area contributed by atoms with Crippen LogP contribution in [-0.2, 0) is 11.2 Å². The molecule has 0 atom stereocenters. The van der Waals surface area contributed by atoms with Crippen LogP contribution in [-0.4, -0.2) is 11.5 Å². The standard InChI is InChI=1S/C9H9ClOS.C2H6/c1-12-8-4-2-7(3-5-8)6-9(10)11;1-2/h2-5H,6H2,1H3;1-2H3. The van der Waals surface area contributed by atoms with Gasteiger partial charge in [0.05, 0.1) is 0 Å². The van der Waals surface area contributed by atoms with Crippen molar-refractivity contribution in [3.8, 4) is 0 Å². The van der Waals surface area contributed by atoms with Gasteiger partial charge in [-0.25, -0.2) is 0 Å². The lowest BCUT2D eigenvalue weighted by atomic mass is 10.2. The molecule has 0 spiro atoms. The van der Waals surface area contributed by atoms with Gasteiger partial charge < -0.3 is 0 Å². The maximum atomic E-state index is 10.5. The first-order valence-electron chi connectivity index (χ1n) is 4.53. The molecule has 0 amide bonds. The van der Waals surface area contributed by atoms with Crippen molar-refractivity contribution in [1.29, 1.82) is 0 Å². The molecule has 0 aliphatic heterocycles. The number of halogens is 1. The Morgan fingerprint density at radius 2 is 1.79 bits per heavy atom. The third kappa shape index (κ3) is 5.30. The van der Waals surface area contributed by atoms with Crippen molar-refractivity contribution < 1.29 is 4.79 Å². The van der Waals surface area contributed by atoms with Gasteiger partial charge in [-0.1, -0.05) is 26.0 Å². The van der Waals surface area contributed by atoms with Crippen molar-refractivity contribution in [2.24, 2.45) is 0 Å². The summed E-state index contributed by atoms with van der Waals surface area (Å²) in [6.07, 6.45) is 2.33. The highest BCUT2D eigenvalue weighted by Gasteiger charge is 1.98. The minimum absolute atomic E-state index is 0.313. The molecule has 78 valence electrons. The second kappa shape index (κ2) is 7.89. The van der Waals surface area contributed by atoms with E-state index in [-0.39, 0.29) is 5.24 Å². The fourth-order valence-electron chi connectivity index (χ4n) is 0.904. The lowest BCUT2D eigenvalue weighted by Gasteiger charge is -1.98. The van der Waals surface area contributed by atoms with Crippen LogP contribution < -0.4 is 0 Å². The van der Waals surface area contributed by atoms with Gasteiger partial charge in [-0.3, -0.25) is 4.79 Å². The van der Waals surface area contributed by atoms with E-state index in [2.05, 4.69) is 0 Å². The van der Waals surface area contributed by atoms with Crippen LogP contribution in [0.1, 0.15) is 19.4 Å². The first-order valence-corrected chi connectivity index (χ1v) is 6.14. The molecule has 0 radical (unpaired) electrons. The summed E-state index contributed by atoms with van der Waals surface area (Å²) in [5.41, 5.74) is 0.966. The Balaban J connectivity index is 0.000000791. The summed E-state index contributed by atoms with van der Waals surface area (Å²) in [6.45, 7) is 4.00. The Kier molecular flexibility index (Phi) is 7.63. The van der Waals surface area contributed by atoms with Gasteiger partial charge in [-0.05, 0) is 35.6 Å². The van der Waals surface area contributed by atoms with Crippen LogP contribution in [0.2, 0.25) is 0 Å². The van der Waals surface area contributed by atoms with Crippen LogP contribution >= 0.6 is 23.4 Å². The summed E-state index contributed by atoms with van der Waals surface area (Å²) in [7, 11) is 0. The first kappa shape index (κ1) is 13.5. The molecule has 0 aliphatic carbocycles. The SMILES string of the molecule is CC.CSc1ccc(CC(=O)Cl)cc1. The third-order valence-corrected chi connectivity index (χ3v) is 2.38. The Labute approximate surface area is 94.8 Å². The van der Waals surface area contributed by atoms with Crippen LogP contribution in [0.3, 0.4) is 0 Å². The van der Waals surface area contributed by atoms with Gasteiger partial charge in [0.1, 0.15) is 0 Å². The van der Waals surface area contributed by atoms with Crippen molar-refractivity contribution in [3.63, 3.8) is 0 Å². The zero-order chi connectivity index (χ0) is 11.0. The van der Waals surface area contributed by atoms with Crippen LogP contribution in [0.15, 0.2) is 29.2 Å². The van der Waals surface area contributed by atoms with E-state index in [1.54, 1.807) is 11.8 Å². The van der Waals surface area contributed by atoms with Crippen molar-refractivity contribution in [2.45, 2.75) is 25.2 Å². The lowest BCUT2D eigenvalue weighted by Crippen LogP contribution is -1.92. The number of carbonyl (C=O) groups is 1. The Morgan fingerprint density at radius 3 is 2.14 bits per heavy atom. The van der Waals surface area contributed by atoms with E-state index in [9.17, 15) is 4.79 Å². The van der Waals surface area contributed by atoms with Crippen molar-refractivity contribution in [1.82, 2.24) is 0 Å². The molecule has 0 saturated carbocycles. The van der Waals surface area contributed by atoms with E-state index in [0.717, 1.165) is 5.56 Å². The molecule has 0 saturated heterocycles. The molecule has 0 aliphatic rings. The van der Waals surface area contributed by atoms with Crippen LogP contribution in [0, 0.1) is 0 Å². The van der Waals surface area contributed by atoms with Gasteiger partial charge in [-0.2, -0.15) is 0 Å². The normalized spacial score (nSPS) is 8.86. The number of benzene rings is 1. The smallest absolute Gasteiger partial charge is 0.226 e. The van der Waals surface area contributed by atoms with E-state index in [1.807, 2.05) is 44.4 Å². The van der Waals surface area contributed by atoms with E-state index in [4.69, 9.17) is 11.6 Å². The fraction of sp³-hybridized carbons (Fsp3) is 0.364. The molecule has 0 bridgehead atoms. The number of carbonyl (C=O) groups excluding carboxylic acids is 1. The van der Waals surface area contributed by atoms with Crippen molar-refractivity contribution in [2.75, 3.05) is 6.26 Å². The van der Waals surface area contributed by atoms with Gasteiger partial charge in [-0.15, -0.1) is 11.8 Å². The molecular weight excluding hydrogens is 216 g/mol. The van der Waals surface area contributed by atoms with E-state index in [0.29, 0.717) is 6.42 Å².